The van der Waals surface area contributed by atoms with Gasteiger partial charge in [0, 0.05) is 12.8 Å². The molecule has 8 nitrogen and oxygen atoms in total. The molecule has 0 atom stereocenters. The molecule has 170 valence electrons. The lowest BCUT2D eigenvalue weighted by Crippen LogP contribution is -2.34. The van der Waals surface area contributed by atoms with E-state index in [2.05, 4.69) is 9.98 Å². The Morgan fingerprint density at radius 1 is 0.667 bits per heavy atom. The van der Waals surface area contributed by atoms with Crippen molar-refractivity contribution in [2.75, 3.05) is 40.4 Å². The van der Waals surface area contributed by atoms with Crippen molar-refractivity contribution in [2.45, 2.75) is 77.0 Å². The highest BCUT2D eigenvalue weighted by Gasteiger charge is 2.24. The number of methoxy groups -OCH3 is 2. The molecule has 2 rings (SSSR count). The smallest absolute Gasteiger partial charge is 0.414 e. The molecule has 2 heterocycles. The van der Waals surface area contributed by atoms with E-state index in [0.29, 0.717) is 26.2 Å². The summed E-state index contributed by atoms with van der Waals surface area (Å²) in [6.45, 7) is 2.70. The van der Waals surface area contributed by atoms with Crippen LogP contribution in [-0.2, 0) is 9.47 Å². The number of aliphatic imine (C=N–C) groups is 2. The second kappa shape index (κ2) is 14.0. The van der Waals surface area contributed by atoms with Gasteiger partial charge in [0.25, 0.3) is 0 Å². The predicted molar refractivity (Wildman–Crippen MR) is 118 cm³/mol. The van der Waals surface area contributed by atoms with E-state index in [1.807, 2.05) is 0 Å². The van der Waals surface area contributed by atoms with Crippen LogP contribution in [-0.4, -0.2) is 74.1 Å². The first-order valence-electron chi connectivity index (χ1n) is 11.4. The number of hydrogen-bond donors (Lipinski definition) is 0. The van der Waals surface area contributed by atoms with Crippen molar-refractivity contribution >= 4 is 23.9 Å². The average Bonchev–Trinajstić information content (AvgIpc) is 3.42. The number of amides is 2. The molecule has 0 saturated carbocycles. The van der Waals surface area contributed by atoms with E-state index in [-0.39, 0.29) is 12.2 Å². The van der Waals surface area contributed by atoms with Crippen molar-refractivity contribution < 1.29 is 19.1 Å². The number of ether oxygens (including phenoxy) is 2. The Morgan fingerprint density at radius 2 is 1.00 bits per heavy atom. The maximum absolute atomic E-state index is 11.6. The molecule has 30 heavy (non-hydrogen) atoms. The van der Waals surface area contributed by atoms with E-state index in [1.165, 1.54) is 65.6 Å². The molecule has 0 N–H and O–H groups in total. The number of amidine groups is 2. The Hall–Kier alpha value is -2.12. The van der Waals surface area contributed by atoms with Crippen molar-refractivity contribution in [1.29, 1.82) is 0 Å². The van der Waals surface area contributed by atoms with Gasteiger partial charge in [-0.3, -0.25) is 19.8 Å². The first-order valence-corrected chi connectivity index (χ1v) is 11.4. The Morgan fingerprint density at radius 3 is 1.33 bits per heavy atom. The summed E-state index contributed by atoms with van der Waals surface area (Å²) < 4.78 is 9.59. The molecule has 0 saturated heterocycles. The lowest BCUT2D eigenvalue weighted by atomic mass is 10.0. The molecule has 0 aromatic heterocycles. The Kier molecular flexibility index (Phi) is 11.3. The summed E-state index contributed by atoms with van der Waals surface area (Å²) >= 11 is 0. The number of rotatable bonds is 13. The van der Waals surface area contributed by atoms with Gasteiger partial charge in [-0.25, -0.2) is 9.59 Å². The van der Waals surface area contributed by atoms with Crippen LogP contribution in [0, 0.1) is 0 Å². The van der Waals surface area contributed by atoms with Crippen LogP contribution >= 0.6 is 0 Å². The summed E-state index contributed by atoms with van der Waals surface area (Å²) in [5.74, 6) is 1.78. The van der Waals surface area contributed by atoms with Gasteiger partial charge in [-0.1, -0.05) is 51.4 Å². The highest BCUT2D eigenvalue weighted by Crippen LogP contribution is 2.16. The normalized spacial score (nSPS) is 15.9. The average molecular weight is 423 g/mol. The van der Waals surface area contributed by atoms with Gasteiger partial charge in [-0.15, -0.1) is 0 Å². The van der Waals surface area contributed by atoms with Crippen LogP contribution in [0.15, 0.2) is 9.98 Å². The molecular formula is C22H38N4O4. The van der Waals surface area contributed by atoms with Gasteiger partial charge in [0.1, 0.15) is 11.7 Å². The molecule has 2 aliphatic rings. The quantitative estimate of drug-likeness (QED) is 0.405. The molecule has 0 spiro atoms. The van der Waals surface area contributed by atoms with Gasteiger partial charge < -0.3 is 9.47 Å². The highest BCUT2D eigenvalue weighted by atomic mass is 16.5. The SMILES string of the molecule is COC(=O)N1CCN=C1CCCCCCCCCCCCC1=NCCN1C(=O)OC. The van der Waals surface area contributed by atoms with Gasteiger partial charge in [0.2, 0.25) is 0 Å². The summed E-state index contributed by atoms with van der Waals surface area (Å²) in [7, 11) is 2.84. The number of unbranched alkanes of at least 4 members (excludes halogenated alkanes) is 9. The van der Waals surface area contributed by atoms with Crippen LogP contribution in [0.25, 0.3) is 0 Å². The molecule has 0 radical (unpaired) electrons. The zero-order valence-electron chi connectivity index (χ0n) is 18.7. The summed E-state index contributed by atoms with van der Waals surface area (Å²) in [6.07, 6.45) is 13.3. The molecule has 0 aromatic carbocycles. The molecule has 0 unspecified atom stereocenters. The van der Waals surface area contributed by atoms with Crippen LogP contribution in [0.1, 0.15) is 77.0 Å². The molecule has 8 heteroatoms. The maximum atomic E-state index is 11.6. The van der Waals surface area contributed by atoms with Gasteiger partial charge in [0.05, 0.1) is 40.4 Å². The minimum Gasteiger partial charge on any atom is -0.452 e. The first-order chi connectivity index (χ1) is 14.7. The van der Waals surface area contributed by atoms with Crippen molar-refractivity contribution in [3.8, 4) is 0 Å². The fourth-order valence-corrected chi connectivity index (χ4v) is 4.01. The standard InChI is InChI=1S/C22H38N4O4/c1-29-21(27)25-17-15-23-19(25)13-11-9-7-5-3-4-6-8-10-12-14-20-24-16-18-26(20)22(28)30-2/h3-18H2,1-2H3. The fraction of sp³-hybridized carbons (Fsp3) is 0.818. The lowest BCUT2D eigenvalue weighted by molar-refractivity contribution is 0.147. The third kappa shape index (κ3) is 7.95. The minimum absolute atomic E-state index is 0.289. The maximum Gasteiger partial charge on any atom is 0.414 e. The van der Waals surface area contributed by atoms with Crippen LogP contribution in [0.4, 0.5) is 9.59 Å². The number of hydrogen-bond acceptors (Lipinski definition) is 6. The van der Waals surface area contributed by atoms with Crippen molar-refractivity contribution in [2.24, 2.45) is 9.98 Å². The van der Waals surface area contributed by atoms with E-state index in [4.69, 9.17) is 9.47 Å². The second-order valence-electron chi connectivity index (χ2n) is 7.87. The lowest BCUT2D eigenvalue weighted by Gasteiger charge is -2.16. The van der Waals surface area contributed by atoms with Crippen molar-refractivity contribution in [1.82, 2.24) is 9.80 Å². The molecule has 0 fully saturated rings. The summed E-state index contributed by atoms with van der Waals surface area (Å²) in [5.41, 5.74) is 0. The molecule has 2 aliphatic heterocycles. The van der Waals surface area contributed by atoms with E-state index < -0.39 is 0 Å². The number of carbonyl (C=O) groups excluding carboxylic acids is 2. The molecule has 0 bridgehead atoms. The second-order valence-corrected chi connectivity index (χ2v) is 7.87. The van der Waals surface area contributed by atoms with Gasteiger partial charge in [-0.2, -0.15) is 0 Å². The van der Waals surface area contributed by atoms with Gasteiger partial charge in [0.15, 0.2) is 0 Å². The predicted octanol–water partition coefficient (Wildman–Crippen LogP) is 4.63. The Balaban J connectivity index is 1.39. The van der Waals surface area contributed by atoms with E-state index in [1.54, 1.807) is 9.80 Å². The third-order valence-electron chi connectivity index (χ3n) is 5.70. The monoisotopic (exact) mass is 422 g/mol. The summed E-state index contributed by atoms with van der Waals surface area (Å²) in [6, 6.07) is 0. The van der Waals surface area contributed by atoms with Crippen LogP contribution in [0.5, 0.6) is 0 Å². The molecule has 0 aromatic rings. The third-order valence-corrected chi connectivity index (χ3v) is 5.70. The minimum atomic E-state index is -0.289. The molecule has 0 aliphatic carbocycles. The first kappa shape index (κ1) is 24.2. The van der Waals surface area contributed by atoms with Gasteiger partial charge >= 0.3 is 12.2 Å². The van der Waals surface area contributed by atoms with E-state index >= 15 is 0 Å². The van der Waals surface area contributed by atoms with Crippen LogP contribution < -0.4 is 0 Å². The molecular weight excluding hydrogens is 384 g/mol. The fourth-order valence-electron chi connectivity index (χ4n) is 4.01. The van der Waals surface area contributed by atoms with Crippen molar-refractivity contribution in [3.05, 3.63) is 0 Å². The topological polar surface area (TPSA) is 83.8 Å². The van der Waals surface area contributed by atoms with E-state index in [9.17, 15) is 9.59 Å². The van der Waals surface area contributed by atoms with E-state index in [0.717, 1.165) is 37.4 Å². The van der Waals surface area contributed by atoms with Crippen molar-refractivity contribution in [3.63, 3.8) is 0 Å². The Bertz CT molecular complexity index is 554. The summed E-state index contributed by atoms with van der Waals surface area (Å²) in [5, 5.41) is 0. The van der Waals surface area contributed by atoms with Crippen LogP contribution in [0.2, 0.25) is 0 Å². The van der Waals surface area contributed by atoms with Gasteiger partial charge in [-0.05, 0) is 12.8 Å². The zero-order chi connectivity index (χ0) is 21.6. The number of carbonyl (C=O) groups is 2. The summed E-state index contributed by atoms with van der Waals surface area (Å²) in [4.78, 5) is 35.4. The van der Waals surface area contributed by atoms with Crippen LogP contribution in [0.3, 0.4) is 0 Å². The zero-order valence-corrected chi connectivity index (χ0v) is 18.7. The Labute approximate surface area is 180 Å². The molecule has 2 amide bonds. The highest BCUT2D eigenvalue weighted by molar-refractivity contribution is 5.97. The number of nitrogens with zero attached hydrogens (tertiary/aromatic N) is 4. The largest absolute Gasteiger partial charge is 0.452 e.